The van der Waals surface area contributed by atoms with E-state index in [0.717, 1.165) is 12.8 Å². The van der Waals surface area contributed by atoms with Crippen LogP contribution >= 0.6 is 23.2 Å². The molecular weight excluding hydrogens is 307 g/mol. The van der Waals surface area contributed by atoms with Gasteiger partial charge in [0.05, 0.1) is 17.2 Å². The number of halogens is 2. The van der Waals surface area contributed by atoms with Crippen molar-refractivity contribution in [2.75, 3.05) is 7.11 Å². The third kappa shape index (κ3) is 6.27. The minimum Gasteiger partial charge on any atom is -0.495 e. The molecule has 2 nitrogen and oxygen atoms in total. The Morgan fingerprint density at radius 2 is 1.62 bits per heavy atom. The Hall–Kier alpha value is -0.730. The fraction of sp³-hybridized carbons (Fsp3) is 0.588. The van der Waals surface area contributed by atoms with Gasteiger partial charge in [0, 0.05) is 18.1 Å². The molecule has 0 atom stereocenters. The van der Waals surface area contributed by atoms with Crippen molar-refractivity contribution in [3.05, 3.63) is 27.7 Å². The number of Topliss-reactive ketones (excluding diaryl/α,β-unsaturated/α-hetero) is 1. The van der Waals surface area contributed by atoms with Gasteiger partial charge in [-0.1, -0.05) is 68.7 Å². The molecule has 0 radical (unpaired) electrons. The second-order valence-electron chi connectivity index (χ2n) is 5.26. The zero-order valence-electron chi connectivity index (χ0n) is 12.9. The van der Waals surface area contributed by atoms with E-state index in [0.29, 0.717) is 27.8 Å². The molecule has 0 aliphatic heterocycles. The van der Waals surface area contributed by atoms with E-state index in [-0.39, 0.29) is 5.78 Å². The first-order valence-corrected chi connectivity index (χ1v) is 8.42. The number of unbranched alkanes of at least 4 members (excludes halogenated alkanes) is 6. The average molecular weight is 331 g/mol. The van der Waals surface area contributed by atoms with E-state index in [2.05, 4.69) is 6.92 Å². The summed E-state index contributed by atoms with van der Waals surface area (Å²) >= 11 is 12.2. The lowest BCUT2D eigenvalue weighted by atomic mass is 10.0. The summed E-state index contributed by atoms with van der Waals surface area (Å²) in [5.41, 5.74) is 0.494. The summed E-state index contributed by atoms with van der Waals surface area (Å²) in [4.78, 5) is 12.2. The molecule has 0 aliphatic carbocycles. The second-order valence-corrected chi connectivity index (χ2v) is 6.08. The van der Waals surface area contributed by atoms with Crippen LogP contribution in [-0.2, 0) is 0 Å². The molecule has 0 unspecified atom stereocenters. The predicted molar refractivity (Wildman–Crippen MR) is 90.0 cm³/mol. The molecule has 0 heterocycles. The fourth-order valence-electron chi connectivity index (χ4n) is 2.28. The molecule has 0 aliphatic rings. The lowest BCUT2D eigenvalue weighted by Gasteiger charge is -2.08. The first kappa shape index (κ1) is 18.3. The highest BCUT2D eigenvalue weighted by molar-refractivity contribution is 6.36. The zero-order chi connectivity index (χ0) is 15.7. The molecule has 4 heteroatoms. The van der Waals surface area contributed by atoms with Gasteiger partial charge in [-0.15, -0.1) is 0 Å². The van der Waals surface area contributed by atoms with Crippen LogP contribution in [0, 0.1) is 0 Å². The number of benzene rings is 1. The van der Waals surface area contributed by atoms with E-state index in [1.807, 2.05) is 0 Å². The Bertz CT molecular complexity index is 458. The van der Waals surface area contributed by atoms with Crippen LogP contribution < -0.4 is 4.74 Å². The summed E-state index contributed by atoms with van der Waals surface area (Å²) in [6.07, 6.45) is 8.85. The molecule has 0 amide bonds. The topological polar surface area (TPSA) is 26.3 Å². The van der Waals surface area contributed by atoms with E-state index < -0.39 is 0 Å². The van der Waals surface area contributed by atoms with Crippen molar-refractivity contribution in [1.82, 2.24) is 0 Å². The Morgan fingerprint density at radius 1 is 1.00 bits per heavy atom. The van der Waals surface area contributed by atoms with Crippen molar-refractivity contribution < 1.29 is 9.53 Å². The average Bonchev–Trinajstić information content (AvgIpc) is 2.48. The summed E-state index contributed by atoms with van der Waals surface area (Å²) in [6, 6.07) is 3.20. The highest BCUT2D eigenvalue weighted by Gasteiger charge is 2.14. The molecule has 0 saturated heterocycles. The molecule has 1 rings (SSSR count). The Balaban J connectivity index is 2.40. The molecule has 0 aromatic heterocycles. The number of methoxy groups -OCH3 is 1. The summed E-state index contributed by atoms with van der Waals surface area (Å²) in [6.45, 7) is 2.21. The smallest absolute Gasteiger partial charge is 0.164 e. The summed E-state index contributed by atoms with van der Waals surface area (Å²) in [7, 11) is 1.53. The molecule has 1 aromatic carbocycles. The van der Waals surface area contributed by atoms with Crippen molar-refractivity contribution >= 4 is 29.0 Å². The molecule has 0 fully saturated rings. The molecule has 118 valence electrons. The summed E-state index contributed by atoms with van der Waals surface area (Å²) < 4.78 is 5.08. The van der Waals surface area contributed by atoms with Gasteiger partial charge in [-0.2, -0.15) is 0 Å². The third-order valence-corrected chi connectivity index (χ3v) is 4.16. The highest BCUT2D eigenvalue weighted by atomic mass is 35.5. The van der Waals surface area contributed by atoms with Gasteiger partial charge in [-0.3, -0.25) is 4.79 Å². The quantitative estimate of drug-likeness (QED) is 0.370. The lowest BCUT2D eigenvalue weighted by molar-refractivity contribution is 0.0979. The van der Waals surface area contributed by atoms with E-state index in [4.69, 9.17) is 27.9 Å². The second kappa shape index (κ2) is 10.1. The summed E-state index contributed by atoms with van der Waals surface area (Å²) in [5, 5.41) is 0.828. The first-order valence-electron chi connectivity index (χ1n) is 7.66. The van der Waals surface area contributed by atoms with Crippen LogP contribution in [0.5, 0.6) is 5.75 Å². The van der Waals surface area contributed by atoms with Crippen LogP contribution in [0.3, 0.4) is 0 Å². The number of carbonyl (C=O) groups is 1. The van der Waals surface area contributed by atoms with Gasteiger partial charge in [-0.25, -0.2) is 0 Å². The maximum Gasteiger partial charge on any atom is 0.164 e. The van der Waals surface area contributed by atoms with E-state index in [9.17, 15) is 4.79 Å². The molecule has 0 saturated carbocycles. The molecule has 0 bridgehead atoms. The van der Waals surface area contributed by atoms with Crippen LogP contribution in [0.4, 0.5) is 0 Å². The summed E-state index contributed by atoms with van der Waals surface area (Å²) in [5.74, 6) is 0.548. The number of rotatable bonds is 10. The van der Waals surface area contributed by atoms with Gasteiger partial charge in [0.25, 0.3) is 0 Å². The van der Waals surface area contributed by atoms with E-state index in [1.54, 1.807) is 12.1 Å². The van der Waals surface area contributed by atoms with Gasteiger partial charge in [0.2, 0.25) is 0 Å². The molecule has 0 spiro atoms. The Kier molecular flexibility index (Phi) is 8.79. The highest BCUT2D eigenvalue weighted by Crippen LogP contribution is 2.31. The number of hydrogen-bond acceptors (Lipinski definition) is 2. The predicted octanol–water partition coefficient (Wildman–Crippen LogP) is 6.33. The van der Waals surface area contributed by atoms with Gasteiger partial charge < -0.3 is 4.74 Å². The maximum atomic E-state index is 12.2. The third-order valence-electron chi connectivity index (χ3n) is 3.55. The van der Waals surface area contributed by atoms with Crippen molar-refractivity contribution in [3.63, 3.8) is 0 Å². The number of ether oxygens (including phenoxy) is 1. The minimum absolute atomic E-state index is 0.0538. The molecular formula is C17H24Cl2O2. The van der Waals surface area contributed by atoms with Crippen molar-refractivity contribution in [1.29, 1.82) is 0 Å². The minimum atomic E-state index is 0.0538. The monoisotopic (exact) mass is 330 g/mol. The number of ketones is 1. The van der Waals surface area contributed by atoms with Crippen LogP contribution in [0.2, 0.25) is 10.0 Å². The van der Waals surface area contributed by atoms with E-state index >= 15 is 0 Å². The van der Waals surface area contributed by atoms with Crippen LogP contribution in [0.15, 0.2) is 12.1 Å². The Morgan fingerprint density at radius 3 is 2.24 bits per heavy atom. The maximum absolute atomic E-state index is 12.2. The fourth-order valence-corrected chi connectivity index (χ4v) is 2.78. The molecule has 1 aromatic rings. The number of hydrogen-bond donors (Lipinski definition) is 0. The largest absolute Gasteiger partial charge is 0.495 e. The van der Waals surface area contributed by atoms with Crippen molar-refractivity contribution in [2.45, 2.75) is 58.3 Å². The first-order chi connectivity index (χ1) is 10.1. The van der Waals surface area contributed by atoms with Crippen LogP contribution in [-0.4, -0.2) is 12.9 Å². The van der Waals surface area contributed by atoms with Gasteiger partial charge in [0.15, 0.2) is 5.78 Å². The number of carbonyl (C=O) groups excluding carboxylic acids is 1. The normalized spacial score (nSPS) is 10.7. The van der Waals surface area contributed by atoms with Crippen LogP contribution in [0.1, 0.15) is 68.6 Å². The SMILES string of the molecule is CCCCCCCCCC(=O)c1cc(Cl)c(OC)cc1Cl. The van der Waals surface area contributed by atoms with E-state index in [1.165, 1.54) is 39.2 Å². The zero-order valence-corrected chi connectivity index (χ0v) is 14.4. The van der Waals surface area contributed by atoms with Crippen LogP contribution in [0.25, 0.3) is 0 Å². The van der Waals surface area contributed by atoms with Crippen molar-refractivity contribution in [3.8, 4) is 5.75 Å². The lowest BCUT2D eigenvalue weighted by Crippen LogP contribution is -2.01. The Labute approximate surface area is 137 Å². The van der Waals surface area contributed by atoms with Gasteiger partial charge in [-0.05, 0) is 12.5 Å². The van der Waals surface area contributed by atoms with Gasteiger partial charge >= 0.3 is 0 Å². The van der Waals surface area contributed by atoms with Crippen molar-refractivity contribution in [2.24, 2.45) is 0 Å². The molecule has 0 N–H and O–H groups in total. The van der Waals surface area contributed by atoms with Gasteiger partial charge in [0.1, 0.15) is 5.75 Å². The molecule has 21 heavy (non-hydrogen) atoms. The standard InChI is InChI=1S/C17H24Cl2O2/c1-3-4-5-6-7-8-9-10-16(20)13-11-15(19)17(21-2)12-14(13)18/h11-12H,3-10H2,1-2H3.